The third-order valence-electron chi connectivity index (χ3n) is 5.21. The smallest absolute Gasteiger partial charge is 0.255 e. The molecule has 9 heteroatoms. The molecule has 2 N–H and O–H groups in total. The molecule has 166 valence electrons. The van der Waals surface area contributed by atoms with Crippen LogP contribution in [0.2, 0.25) is 0 Å². The van der Waals surface area contributed by atoms with Gasteiger partial charge in [0.1, 0.15) is 5.69 Å². The summed E-state index contributed by atoms with van der Waals surface area (Å²) in [5, 5.41) is 12.8. The molecule has 0 unspecified atom stereocenters. The van der Waals surface area contributed by atoms with E-state index in [4.69, 9.17) is 4.98 Å². The molecule has 1 amide bonds. The molecule has 0 aromatic carbocycles. The maximum atomic E-state index is 12.9. The van der Waals surface area contributed by atoms with Crippen molar-refractivity contribution >= 4 is 23.1 Å². The predicted octanol–water partition coefficient (Wildman–Crippen LogP) is 2.33. The fraction of sp³-hybridized carbons (Fsp3) is 0.348. The van der Waals surface area contributed by atoms with E-state index >= 15 is 0 Å². The van der Waals surface area contributed by atoms with Crippen LogP contribution in [-0.4, -0.2) is 63.2 Å². The van der Waals surface area contributed by atoms with Crippen LogP contribution >= 0.6 is 0 Å². The van der Waals surface area contributed by atoms with Crippen molar-refractivity contribution < 1.29 is 9.90 Å². The summed E-state index contributed by atoms with van der Waals surface area (Å²) < 4.78 is 0. The van der Waals surface area contributed by atoms with Gasteiger partial charge >= 0.3 is 0 Å². The molecule has 1 aliphatic heterocycles. The van der Waals surface area contributed by atoms with E-state index in [1.54, 1.807) is 32.3 Å². The number of carbonyl (C=O) groups excluding carboxylic acids is 1. The minimum Gasteiger partial charge on any atom is -0.389 e. The van der Waals surface area contributed by atoms with Crippen LogP contribution in [0.15, 0.2) is 42.9 Å². The Morgan fingerprint density at radius 1 is 1.16 bits per heavy atom. The molecular weight excluding hydrogens is 406 g/mol. The molecule has 0 radical (unpaired) electrons. The molecule has 0 aliphatic carbocycles. The van der Waals surface area contributed by atoms with Gasteiger partial charge in [-0.25, -0.2) is 15.0 Å². The molecule has 0 saturated carbocycles. The highest BCUT2D eigenvalue weighted by Gasteiger charge is 2.28. The second-order valence-electron chi connectivity index (χ2n) is 8.53. The van der Waals surface area contributed by atoms with Gasteiger partial charge in [0, 0.05) is 44.8 Å². The van der Waals surface area contributed by atoms with Crippen molar-refractivity contribution in [2.75, 3.05) is 36.5 Å². The van der Waals surface area contributed by atoms with E-state index in [0.29, 0.717) is 35.1 Å². The Labute approximate surface area is 187 Å². The molecule has 3 aromatic heterocycles. The summed E-state index contributed by atoms with van der Waals surface area (Å²) in [7, 11) is 1.99. The predicted molar refractivity (Wildman–Crippen MR) is 123 cm³/mol. The summed E-state index contributed by atoms with van der Waals surface area (Å²) in [4.78, 5) is 35.1. The van der Waals surface area contributed by atoms with Gasteiger partial charge in [-0.1, -0.05) is 6.07 Å². The third kappa shape index (κ3) is 4.52. The fourth-order valence-electron chi connectivity index (χ4n) is 3.53. The minimum atomic E-state index is -1.01. The molecule has 32 heavy (non-hydrogen) atoms. The summed E-state index contributed by atoms with van der Waals surface area (Å²) in [5.74, 6) is 0.926. The molecule has 3 aromatic rings. The first-order chi connectivity index (χ1) is 15.2. The summed E-state index contributed by atoms with van der Waals surface area (Å²) in [6.07, 6.45) is 4.99. The molecule has 4 heterocycles. The monoisotopic (exact) mass is 433 g/mol. The molecule has 0 saturated heterocycles. The maximum absolute atomic E-state index is 12.9. The van der Waals surface area contributed by atoms with E-state index in [9.17, 15) is 9.90 Å². The zero-order chi connectivity index (χ0) is 22.9. The summed E-state index contributed by atoms with van der Waals surface area (Å²) in [6, 6.07) is 7.55. The van der Waals surface area contributed by atoms with Gasteiger partial charge in [-0.2, -0.15) is 0 Å². The molecule has 0 atom stereocenters. The van der Waals surface area contributed by atoms with Crippen LogP contribution in [0.4, 0.5) is 17.2 Å². The first kappa shape index (κ1) is 21.6. The Morgan fingerprint density at radius 2 is 1.97 bits per heavy atom. The molecule has 9 nitrogen and oxygen atoms in total. The van der Waals surface area contributed by atoms with Gasteiger partial charge in [-0.05, 0) is 39.0 Å². The number of likely N-dealkylation sites (N-methyl/N-ethyl adjacent to an activating group) is 1. The second-order valence-corrected chi connectivity index (χ2v) is 8.53. The highest BCUT2D eigenvalue weighted by atomic mass is 16.3. The van der Waals surface area contributed by atoms with Crippen LogP contribution in [0.25, 0.3) is 11.5 Å². The quantitative estimate of drug-likeness (QED) is 0.631. The fourth-order valence-corrected chi connectivity index (χ4v) is 3.53. The molecule has 4 rings (SSSR count). The van der Waals surface area contributed by atoms with Crippen molar-refractivity contribution in [1.82, 2.24) is 25.3 Å². The van der Waals surface area contributed by atoms with Crippen LogP contribution in [0.3, 0.4) is 0 Å². The number of hydrogen-bond donors (Lipinski definition) is 2. The number of anilines is 3. The number of hydrogen-bond acceptors (Lipinski definition) is 8. The Balaban J connectivity index is 1.75. The average molecular weight is 434 g/mol. The largest absolute Gasteiger partial charge is 0.389 e. The van der Waals surface area contributed by atoms with Gasteiger partial charge in [0.2, 0.25) is 0 Å². The van der Waals surface area contributed by atoms with Crippen molar-refractivity contribution in [3.63, 3.8) is 0 Å². The normalized spacial score (nSPS) is 13.7. The lowest BCUT2D eigenvalue weighted by Crippen LogP contribution is -2.40. The van der Waals surface area contributed by atoms with Gasteiger partial charge in [0.25, 0.3) is 5.91 Å². The number of carbonyl (C=O) groups is 1. The van der Waals surface area contributed by atoms with Crippen molar-refractivity contribution in [2.45, 2.75) is 26.4 Å². The first-order valence-electron chi connectivity index (χ1n) is 10.5. The van der Waals surface area contributed by atoms with Gasteiger partial charge in [-0.3, -0.25) is 9.78 Å². The Bertz CT molecular complexity index is 1140. The van der Waals surface area contributed by atoms with Gasteiger partial charge in [0.05, 0.1) is 28.7 Å². The van der Waals surface area contributed by atoms with Crippen molar-refractivity contribution in [3.8, 4) is 11.5 Å². The van der Waals surface area contributed by atoms with Crippen LogP contribution in [0.1, 0.15) is 29.9 Å². The van der Waals surface area contributed by atoms with Crippen molar-refractivity contribution in [3.05, 3.63) is 54.1 Å². The Hall–Kier alpha value is -3.59. The third-order valence-corrected chi connectivity index (χ3v) is 5.21. The van der Waals surface area contributed by atoms with Crippen molar-refractivity contribution in [1.29, 1.82) is 0 Å². The zero-order valence-corrected chi connectivity index (χ0v) is 18.7. The number of amides is 1. The van der Waals surface area contributed by atoms with E-state index < -0.39 is 5.60 Å². The molecule has 1 aliphatic rings. The van der Waals surface area contributed by atoms with Crippen molar-refractivity contribution in [2.24, 2.45) is 0 Å². The van der Waals surface area contributed by atoms with Crippen LogP contribution in [0, 0.1) is 6.92 Å². The lowest BCUT2D eigenvalue weighted by Gasteiger charge is -2.36. The number of pyridine rings is 2. The number of rotatable bonds is 5. The molecule has 0 bridgehead atoms. The zero-order valence-electron chi connectivity index (χ0n) is 18.7. The van der Waals surface area contributed by atoms with Gasteiger partial charge in [-0.15, -0.1) is 0 Å². The van der Waals surface area contributed by atoms with E-state index in [0.717, 1.165) is 17.9 Å². The average Bonchev–Trinajstić information content (AvgIpc) is 2.77. The number of aryl methyl sites for hydroxylation is 1. The number of aromatic nitrogens is 4. The number of nitrogens with zero attached hydrogens (tertiary/aromatic N) is 6. The lowest BCUT2D eigenvalue weighted by molar-refractivity contribution is 0.0694. The van der Waals surface area contributed by atoms with E-state index in [1.165, 1.54) is 6.20 Å². The second kappa shape index (κ2) is 8.51. The number of aliphatic hydroxyl groups is 1. The summed E-state index contributed by atoms with van der Waals surface area (Å²) in [6.45, 7) is 6.72. The molecule has 0 spiro atoms. The van der Waals surface area contributed by atoms with Crippen LogP contribution in [0.5, 0.6) is 0 Å². The number of nitrogens with one attached hydrogen (secondary N) is 1. The highest BCUT2D eigenvalue weighted by Crippen LogP contribution is 2.37. The number of fused-ring (bicyclic) bond motifs is 1. The molecule has 0 fully saturated rings. The SMILES string of the molecule is Cc1cccc(-c2ncc3c(n2)N(c2ccncc2C(=O)NCC(C)(C)O)CCN3C)n1. The minimum absolute atomic E-state index is 0.130. The van der Waals surface area contributed by atoms with E-state index in [-0.39, 0.29) is 12.5 Å². The maximum Gasteiger partial charge on any atom is 0.255 e. The van der Waals surface area contributed by atoms with Crippen LogP contribution in [-0.2, 0) is 0 Å². The standard InChI is InChI=1S/C23H27N7O2/c1-15-6-5-7-17(27-15)20-25-13-19-21(28-20)30(11-10-29(19)4)18-8-9-24-12-16(18)22(31)26-14-23(2,3)32/h5-9,12-13,32H,10-11,14H2,1-4H3,(H,26,31). The van der Waals surface area contributed by atoms with Crippen LogP contribution < -0.4 is 15.1 Å². The Kier molecular flexibility index (Phi) is 5.75. The summed E-state index contributed by atoms with van der Waals surface area (Å²) >= 11 is 0. The van der Waals surface area contributed by atoms with Gasteiger partial charge in [0.15, 0.2) is 11.6 Å². The highest BCUT2D eigenvalue weighted by molar-refractivity contribution is 6.00. The molecular formula is C23H27N7O2. The van der Waals surface area contributed by atoms with E-state index in [2.05, 4.69) is 25.2 Å². The summed E-state index contributed by atoms with van der Waals surface area (Å²) in [5.41, 5.74) is 2.55. The lowest BCUT2D eigenvalue weighted by atomic mass is 10.1. The topological polar surface area (TPSA) is 107 Å². The van der Waals surface area contributed by atoms with Gasteiger partial charge < -0.3 is 20.2 Å². The Morgan fingerprint density at radius 3 is 2.72 bits per heavy atom. The first-order valence-corrected chi connectivity index (χ1v) is 10.5. The van der Waals surface area contributed by atoms with E-state index in [1.807, 2.05) is 37.1 Å².